The standard InChI is InChI=1S/C10H11Br2N3O/c11-5-3-6(12)9(14-4-5)10-7(13)1-2-8(16)15-10/h3-4,7,10H,1-2,13H2,(H,15,16). The minimum atomic E-state index is -0.205. The summed E-state index contributed by atoms with van der Waals surface area (Å²) in [5.74, 6) is 0.0309. The summed E-state index contributed by atoms with van der Waals surface area (Å²) >= 11 is 6.77. The smallest absolute Gasteiger partial charge is 0.220 e. The van der Waals surface area contributed by atoms with Crippen molar-refractivity contribution in [1.29, 1.82) is 0 Å². The van der Waals surface area contributed by atoms with E-state index in [-0.39, 0.29) is 18.0 Å². The van der Waals surface area contributed by atoms with E-state index < -0.39 is 0 Å². The van der Waals surface area contributed by atoms with Crippen LogP contribution in [0.1, 0.15) is 24.6 Å². The highest BCUT2D eigenvalue weighted by molar-refractivity contribution is 9.11. The molecule has 1 saturated heterocycles. The van der Waals surface area contributed by atoms with E-state index in [1.54, 1.807) is 6.20 Å². The van der Waals surface area contributed by atoms with Crippen molar-refractivity contribution in [1.82, 2.24) is 10.3 Å². The topological polar surface area (TPSA) is 68.0 Å². The first-order valence-corrected chi connectivity index (χ1v) is 6.52. The summed E-state index contributed by atoms with van der Waals surface area (Å²) in [6.07, 6.45) is 2.89. The number of nitrogens with zero attached hydrogens (tertiary/aromatic N) is 1. The summed E-state index contributed by atoms with van der Waals surface area (Å²) in [6.45, 7) is 0. The van der Waals surface area contributed by atoms with Gasteiger partial charge < -0.3 is 11.1 Å². The number of hydrogen-bond acceptors (Lipinski definition) is 3. The number of carbonyl (C=O) groups is 1. The molecule has 1 aliphatic heterocycles. The van der Waals surface area contributed by atoms with Crippen molar-refractivity contribution >= 4 is 37.8 Å². The Kier molecular flexibility index (Phi) is 3.61. The molecular formula is C10H11Br2N3O. The van der Waals surface area contributed by atoms with Gasteiger partial charge in [0.2, 0.25) is 5.91 Å². The molecular weight excluding hydrogens is 338 g/mol. The number of hydrogen-bond donors (Lipinski definition) is 2. The number of halogens is 2. The van der Waals surface area contributed by atoms with Crippen LogP contribution >= 0.6 is 31.9 Å². The Balaban J connectivity index is 2.31. The van der Waals surface area contributed by atoms with Gasteiger partial charge in [0.25, 0.3) is 0 Å². The monoisotopic (exact) mass is 347 g/mol. The van der Waals surface area contributed by atoms with Gasteiger partial charge in [0, 0.05) is 27.6 Å². The van der Waals surface area contributed by atoms with E-state index in [9.17, 15) is 4.79 Å². The maximum absolute atomic E-state index is 11.4. The van der Waals surface area contributed by atoms with Gasteiger partial charge in [-0.1, -0.05) is 0 Å². The van der Waals surface area contributed by atoms with Gasteiger partial charge in [0.15, 0.2) is 0 Å². The summed E-state index contributed by atoms with van der Waals surface area (Å²) in [4.78, 5) is 15.6. The lowest BCUT2D eigenvalue weighted by molar-refractivity contribution is -0.123. The molecule has 0 aliphatic carbocycles. The fourth-order valence-electron chi connectivity index (χ4n) is 1.74. The molecule has 86 valence electrons. The first-order valence-electron chi connectivity index (χ1n) is 4.94. The minimum Gasteiger partial charge on any atom is -0.346 e. The van der Waals surface area contributed by atoms with Crippen LogP contribution in [0.2, 0.25) is 0 Å². The number of amides is 1. The summed E-state index contributed by atoms with van der Waals surface area (Å²) in [6, 6.07) is 1.61. The van der Waals surface area contributed by atoms with Gasteiger partial charge in [-0.15, -0.1) is 0 Å². The number of carbonyl (C=O) groups excluding carboxylic acids is 1. The second kappa shape index (κ2) is 4.81. The van der Waals surface area contributed by atoms with E-state index in [1.165, 1.54) is 0 Å². The van der Waals surface area contributed by atoms with Crippen LogP contribution in [0, 0.1) is 0 Å². The Morgan fingerprint density at radius 3 is 2.94 bits per heavy atom. The van der Waals surface area contributed by atoms with E-state index in [0.29, 0.717) is 12.8 Å². The summed E-state index contributed by atoms with van der Waals surface area (Å²) in [5.41, 5.74) is 6.77. The van der Waals surface area contributed by atoms with E-state index in [2.05, 4.69) is 42.2 Å². The highest BCUT2D eigenvalue weighted by Crippen LogP contribution is 2.28. The SMILES string of the molecule is NC1CCC(=O)NC1c1ncc(Br)cc1Br. The number of pyridine rings is 1. The Hall–Kier alpha value is -0.460. The lowest BCUT2D eigenvalue weighted by atomic mass is 9.96. The molecule has 2 atom stereocenters. The Morgan fingerprint density at radius 1 is 1.50 bits per heavy atom. The molecule has 1 aromatic rings. The number of nitrogens with one attached hydrogen (secondary N) is 1. The van der Waals surface area contributed by atoms with Crippen LogP contribution in [-0.2, 0) is 4.79 Å². The molecule has 2 rings (SSSR count). The van der Waals surface area contributed by atoms with E-state index in [4.69, 9.17) is 5.73 Å². The van der Waals surface area contributed by atoms with Crippen molar-refractivity contribution < 1.29 is 4.79 Å². The van der Waals surface area contributed by atoms with Crippen LogP contribution in [0.5, 0.6) is 0 Å². The molecule has 3 N–H and O–H groups in total. The molecule has 0 aromatic carbocycles. The fraction of sp³-hybridized carbons (Fsp3) is 0.400. The van der Waals surface area contributed by atoms with Crippen molar-refractivity contribution in [2.45, 2.75) is 24.9 Å². The van der Waals surface area contributed by atoms with Crippen molar-refractivity contribution in [2.24, 2.45) is 5.73 Å². The van der Waals surface area contributed by atoms with Crippen molar-refractivity contribution in [3.8, 4) is 0 Å². The minimum absolute atomic E-state index is 0.0309. The van der Waals surface area contributed by atoms with Gasteiger partial charge in [-0.2, -0.15) is 0 Å². The number of rotatable bonds is 1. The summed E-state index contributed by atoms with van der Waals surface area (Å²) in [5, 5.41) is 2.87. The number of nitrogens with two attached hydrogens (primary N) is 1. The van der Waals surface area contributed by atoms with Crippen molar-refractivity contribution in [3.05, 3.63) is 26.9 Å². The third-order valence-corrected chi connectivity index (χ3v) is 3.65. The van der Waals surface area contributed by atoms with Crippen LogP contribution in [0.15, 0.2) is 21.2 Å². The van der Waals surface area contributed by atoms with Crippen LogP contribution in [0.25, 0.3) is 0 Å². The Labute approximate surface area is 110 Å². The maximum atomic E-state index is 11.4. The first kappa shape index (κ1) is 12.0. The van der Waals surface area contributed by atoms with Gasteiger partial charge in [-0.3, -0.25) is 9.78 Å². The van der Waals surface area contributed by atoms with Crippen LogP contribution < -0.4 is 11.1 Å². The zero-order valence-corrected chi connectivity index (χ0v) is 11.6. The molecule has 0 bridgehead atoms. The third kappa shape index (κ3) is 2.44. The van der Waals surface area contributed by atoms with E-state index >= 15 is 0 Å². The highest BCUT2D eigenvalue weighted by Gasteiger charge is 2.29. The predicted octanol–water partition coefficient (Wildman–Crippen LogP) is 1.88. The number of aromatic nitrogens is 1. The lowest BCUT2D eigenvalue weighted by Gasteiger charge is -2.29. The van der Waals surface area contributed by atoms with Gasteiger partial charge in [0.1, 0.15) is 0 Å². The molecule has 0 radical (unpaired) electrons. The Morgan fingerprint density at radius 2 is 2.25 bits per heavy atom. The van der Waals surface area contributed by atoms with Crippen LogP contribution in [0.3, 0.4) is 0 Å². The molecule has 4 nitrogen and oxygen atoms in total. The zero-order chi connectivity index (χ0) is 11.7. The van der Waals surface area contributed by atoms with Crippen LogP contribution in [-0.4, -0.2) is 16.9 Å². The fourth-order valence-corrected chi connectivity index (χ4v) is 2.98. The van der Waals surface area contributed by atoms with Gasteiger partial charge in [-0.05, 0) is 44.3 Å². The number of piperidine rings is 1. The molecule has 0 spiro atoms. The average molecular weight is 349 g/mol. The first-order chi connectivity index (χ1) is 7.58. The van der Waals surface area contributed by atoms with Gasteiger partial charge >= 0.3 is 0 Å². The highest BCUT2D eigenvalue weighted by atomic mass is 79.9. The maximum Gasteiger partial charge on any atom is 0.220 e. The van der Waals surface area contributed by atoms with Crippen molar-refractivity contribution in [3.63, 3.8) is 0 Å². The molecule has 1 aromatic heterocycles. The Bertz CT molecular complexity index is 425. The predicted molar refractivity (Wildman–Crippen MR) is 67.7 cm³/mol. The summed E-state index contributed by atoms with van der Waals surface area (Å²) in [7, 11) is 0. The van der Waals surface area contributed by atoms with Gasteiger partial charge in [-0.25, -0.2) is 0 Å². The zero-order valence-electron chi connectivity index (χ0n) is 8.41. The largest absolute Gasteiger partial charge is 0.346 e. The second-order valence-electron chi connectivity index (χ2n) is 3.77. The molecule has 1 aliphatic rings. The normalized spacial score (nSPS) is 25.3. The molecule has 16 heavy (non-hydrogen) atoms. The van der Waals surface area contributed by atoms with Crippen LogP contribution in [0.4, 0.5) is 0 Å². The quantitative estimate of drug-likeness (QED) is 0.814. The molecule has 1 amide bonds. The molecule has 6 heteroatoms. The molecule has 0 saturated carbocycles. The average Bonchev–Trinajstić information content (AvgIpc) is 2.22. The van der Waals surface area contributed by atoms with E-state index in [1.807, 2.05) is 6.07 Å². The van der Waals surface area contributed by atoms with E-state index in [0.717, 1.165) is 14.6 Å². The third-order valence-electron chi connectivity index (χ3n) is 2.58. The lowest BCUT2D eigenvalue weighted by Crippen LogP contribution is -2.46. The second-order valence-corrected chi connectivity index (χ2v) is 5.54. The summed E-state index contributed by atoms with van der Waals surface area (Å²) < 4.78 is 1.74. The molecule has 1 fully saturated rings. The molecule has 2 heterocycles. The van der Waals surface area contributed by atoms with Gasteiger partial charge in [0.05, 0.1) is 11.7 Å². The molecule has 2 unspecified atom stereocenters. The van der Waals surface area contributed by atoms with Crippen molar-refractivity contribution in [2.75, 3.05) is 0 Å².